The quantitative estimate of drug-likeness (QED) is 0.741. The summed E-state index contributed by atoms with van der Waals surface area (Å²) in [6.07, 6.45) is 2.83. The number of benzene rings is 1. The lowest BCUT2D eigenvalue weighted by Gasteiger charge is -2.05. The predicted molar refractivity (Wildman–Crippen MR) is 60.8 cm³/mol. The summed E-state index contributed by atoms with van der Waals surface area (Å²) >= 11 is 0. The van der Waals surface area contributed by atoms with Gasteiger partial charge in [-0.25, -0.2) is 9.97 Å². The molecule has 0 N–H and O–H groups in total. The van der Waals surface area contributed by atoms with Crippen LogP contribution in [0, 0.1) is 13.8 Å². The van der Waals surface area contributed by atoms with Crippen molar-refractivity contribution in [2.24, 2.45) is 0 Å². The Morgan fingerprint density at radius 2 is 1.80 bits per heavy atom. The summed E-state index contributed by atoms with van der Waals surface area (Å²) in [4.78, 5) is 8.58. The maximum Gasteiger partial charge on any atom is 0.125 e. The minimum atomic E-state index is 0.837. The number of aryl methyl sites for hydroxylation is 2. The Labute approximate surface area is 90.0 Å². The third-order valence-corrected chi connectivity index (χ3v) is 2.44. The van der Waals surface area contributed by atoms with Gasteiger partial charge in [0.05, 0.1) is 0 Å². The molecule has 0 aliphatic carbocycles. The molecular formula is C13H14N2. The highest BCUT2D eigenvalue weighted by molar-refractivity contribution is 5.26. The number of rotatable bonds is 2. The van der Waals surface area contributed by atoms with Crippen LogP contribution in [0.5, 0.6) is 0 Å². The molecule has 0 saturated heterocycles. The average molecular weight is 198 g/mol. The highest BCUT2D eigenvalue weighted by Gasteiger charge is 2.01. The standard InChI is InChI=1S/C13H14N2/c1-10-13(9-14-11(2)15-10)8-12-6-4-3-5-7-12/h3-7,9H,8H2,1-2H3. The molecule has 2 heteroatoms. The van der Waals surface area contributed by atoms with Crippen LogP contribution in [0.15, 0.2) is 36.5 Å². The fourth-order valence-electron chi connectivity index (χ4n) is 1.60. The summed E-state index contributed by atoms with van der Waals surface area (Å²) in [6.45, 7) is 3.95. The average Bonchev–Trinajstić information content (AvgIpc) is 2.24. The van der Waals surface area contributed by atoms with Crippen LogP contribution in [-0.2, 0) is 6.42 Å². The largest absolute Gasteiger partial charge is 0.241 e. The van der Waals surface area contributed by atoms with Crippen molar-refractivity contribution in [2.45, 2.75) is 20.3 Å². The zero-order chi connectivity index (χ0) is 10.7. The molecule has 2 rings (SSSR count). The number of hydrogen-bond donors (Lipinski definition) is 0. The molecule has 0 radical (unpaired) electrons. The zero-order valence-electron chi connectivity index (χ0n) is 9.07. The number of nitrogens with zero attached hydrogens (tertiary/aromatic N) is 2. The molecule has 0 spiro atoms. The highest BCUT2D eigenvalue weighted by Crippen LogP contribution is 2.10. The van der Waals surface area contributed by atoms with Gasteiger partial charge in [0.2, 0.25) is 0 Å². The molecule has 15 heavy (non-hydrogen) atoms. The molecular weight excluding hydrogens is 184 g/mol. The van der Waals surface area contributed by atoms with E-state index >= 15 is 0 Å². The van der Waals surface area contributed by atoms with E-state index < -0.39 is 0 Å². The Morgan fingerprint density at radius 1 is 1.07 bits per heavy atom. The summed E-state index contributed by atoms with van der Waals surface area (Å²) in [5, 5.41) is 0. The molecule has 0 saturated carbocycles. The van der Waals surface area contributed by atoms with Gasteiger partial charge in [-0.2, -0.15) is 0 Å². The molecule has 2 aromatic rings. The Hall–Kier alpha value is -1.70. The van der Waals surface area contributed by atoms with Gasteiger partial charge in [0, 0.05) is 18.3 Å². The van der Waals surface area contributed by atoms with Gasteiger partial charge in [-0.15, -0.1) is 0 Å². The molecule has 0 unspecified atom stereocenters. The molecule has 0 bridgehead atoms. The maximum atomic E-state index is 4.36. The van der Waals surface area contributed by atoms with Crippen molar-refractivity contribution in [2.75, 3.05) is 0 Å². The van der Waals surface area contributed by atoms with Crippen LogP contribution in [0.2, 0.25) is 0 Å². The van der Waals surface area contributed by atoms with Gasteiger partial charge >= 0.3 is 0 Å². The minimum absolute atomic E-state index is 0.837. The van der Waals surface area contributed by atoms with E-state index in [1.54, 1.807) is 0 Å². The van der Waals surface area contributed by atoms with Crippen LogP contribution in [-0.4, -0.2) is 9.97 Å². The van der Waals surface area contributed by atoms with E-state index in [9.17, 15) is 0 Å². The van der Waals surface area contributed by atoms with E-state index in [0.717, 1.165) is 17.9 Å². The topological polar surface area (TPSA) is 25.8 Å². The van der Waals surface area contributed by atoms with Crippen molar-refractivity contribution in [3.8, 4) is 0 Å². The second kappa shape index (κ2) is 4.22. The SMILES string of the molecule is Cc1ncc(Cc2ccccc2)c(C)n1. The number of aromatic nitrogens is 2. The summed E-state index contributed by atoms with van der Waals surface area (Å²) in [5.74, 6) is 0.837. The summed E-state index contributed by atoms with van der Waals surface area (Å²) in [5.41, 5.74) is 3.58. The van der Waals surface area contributed by atoms with Crippen molar-refractivity contribution in [1.29, 1.82) is 0 Å². The maximum absolute atomic E-state index is 4.36. The lowest BCUT2D eigenvalue weighted by atomic mass is 10.1. The lowest BCUT2D eigenvalue weighted by Crippen LogP contribution is -1.98. The van der Waals surface area contributed by atoms with Gasteiger partial charge in [0.15, 0.2) is 0 Å². The molecule has 1 aromatic carbocycles. The smallest absolute Gasteiger partial charge is 0.125 e. The van der Waals surface area contributed by atoms with Crippen LogP contribution >= 0.6 is 0 Å². The molecule has 0 fully saturated rings. The van der Waals surface area contributed by atoms with Gasteiger partial charge < -0.3 is 0 Å². The minimum Gasteiger partial charge on any atom is -0.241 e. The molecule has 0 atom stereocenters. The highest BCUT2D eigenvalue weighted by atomic mass is 14.9. The summed E-state index contributed by atoms with van der Waals surface area (Å²) in [6, 6.07) is 10.4. The number of hydrogen-bond acceptors (Lipinski definition) is 2. The third-order valence-electron chi connectivity index (χ3n) is 2.44. The fraction of sp³-hybridized carbons (Fsp3) is 0.231. The molecule has 0 aliphatic rings. The fourth-order valence-corrected chi connectivity index (χ4v) is 1.60. The second-order valence-corrected chi connectivity index (χ2v) is 3.69. The Balaban J connectivity index is 2.25. The first-order valence-corrected chi connectivity index (χ1v) is 5.09. The monoisotopic (exact) mass is 198 g/mol. The van der Waals surface area contributed by atoms with Crippen LogP contribution in [0.25, 0.3) is 0 Å². The van der Waals surface area contributed by atoms with Gasteiger partial charge in [0.1, 0.15) is 5.82 Å². The van der Waals surface area contributed by atoms with E-state index in [-0.39, 0.29) is 0 Å². The molecule has 76 valence electrons. The summed E-state index contributed by atoms with van der Waals surface area (Å²) in [7, 11) is 0. The van der Waals surface area contributed by atoms with E-state index in [0.29, 0.717) is 0 Å². The van der Waals surface area contributed by atoms with Gasteiger partial charge in [-0.1, -0.05) is 30.3 Å². The van der Waals surface area contributed by atoms with Crippen molar-refractivity contribution in [3.05, 3.63) is 59.2 Å². The van der Waals surface area contributed by atoms with Crippen molar-refractivity contribution >= 4 is 0 Å². The first-order chi connectivity index (χ1) is 7.25. The van der Waals surface area contributed by atoms with E-state index in [4.69, 9.17) is 0 Å². The van der Waals surface area contributed by atoms with Crippen molar-refractivity contribution in [1.82, 2.24) is 9.97 Å². The van der Waals surface area contributed by atoms with Crippen LogP contribution < -0.4 is 0 Å². The Kier molecular flexibility index (Phi) is 2.77. The van der Waals surface area contributed by atoms with Crippen LogP contribution in [0.3, 0.4) is 0 Å². The first-order valence-electron chi connectivity index (χ1n) is 5.09. The second-order valence-electron chi connectivity index (χ2n) is 3.69. The summed E-state index contributed by atoms with van der Waals surface area (Å²) < 4.78 is 0. The molecule has 2 nitrogen and oxygen atoms in total. The Morgan fingerprint density at radius 3 is 2.47 bits per heavy atom. The van der Waals surface area contributed by atoms with Crippen molar-refractivity contribution < 1.29 is 0 Å². The van der Waals surface area contributed by atoms with Gasteiger partial charge in [-0.3, -0.25) is 0 Å². The van der Waals surface area contributed by atoms with Crippen LogP contribution in [0.4, 0.5) is 0 Å². The van der Waals surface area contributed by atoms with Gasteiger partial charge in [0.25, 0.3) is 0 Å². The van der Waals surface area contributed by atoms with E-state index in [2.05, 4.69) is 34.2 Å². The van der Waals surface area contributed by atoms with Crippen LogP contribution in [0.1, 0.15) is 22.6 Å². The van der Waals surface area contributed by atoms with E-state index in [1.165, 1.54) is 11.1 Å². The third kappa shape index (κ3) is 2.40. The normalized spacial score (nSPS) is 10.3. The molecule has 1 aromatic heterocycles. The Bertz CT molecular complexity index is 449. The van der Waals surface area contributed by atoms with Gasteiger partial charge in [-0.05, 0) is 25.0 Å². The molecule has 0 amide bonds. The molecule has 0 aliphatic heterocycles. The first kappa shape index (κ1) is 9.84. The van der Waals surface area contributed by atoms with E-state index in [1.807, 2.05) is 26.1 Å². The predicted octanol–water partition coefficient (Wildman–Crippen LogP) is 2.68. The lowest BCUT2D eigenvalue weighted by molar-refractivity contribution is 0.959. The molecule has 1 heterocycles. The van der Waals surface area contributed by atoms with Crippen molar-refractivity contribution in [3.63, 3.8) is 0 Å². The zero-order valence-corrected chi connectivity index (χ0v) is 9.07.